The third-order valence-corrected chi connectivity index (χ3v) is 2.89. The highest BCUT2D eigenvalue weighted by Gasteiger charge is 2.19. The lowest BCUT2D eigenvalue weighted by atomic mass is 10.2. The third-order valence-electron chi connectivity index (χ3n) is 2.69. The molecule has 0 saturated carbocycles. The fraction of sp³-hybridized carbons (Fsp3) is 0.231. The molecule has 1 aromatic heterocycles. The van der Waals surface area contributed by atoms with Gasteiger partial charge >= 0.3 is 0 Å². The lowest BCUT2D eigenvalue weighted by molar-refractivity contribution is -0.119. The van der Waals surface area contributed by atoms with Crippen LogP contribution in [0.4, 0.5) is 5.69 Å². The summed E-state index contributed by atoms with van der Waals surface area (Å²) in [6.07, 6.45) is 3.69. The van der Waals surface area contributed by atoms with Crippen LogP contribution in [0.5, 0.6) is 5.75 Å². The number of phenolic OH excluding ortho intramolecular Hbond substituents is 1. The van der Waals surface area contributed by atoms with E-state index in [9.17, 15) is 9.90 Å². The smallest absolute Gasteiger partial charge is 0.249 e. The molecule has 0 bridgehead atoms. The number of aromatic nitrogens is 2. The van der Waals surface area contributed by atoms with Crippen molar-refractivity contribution in [3.63, 3.8) is 0 Å². The Morgan fingerprint density at radius 3 is 2.95 bits per heavy atom. The van der Waals surface area contributed by atoms with Crippen molar-refractivity contribution in [2.75, 3.05) is 5.32 Å². The largest absolute Gasteiger partial charge is 0.508 e. The number of hydrogen-bond acceptors (Lipinski definition) is 3. The van der Waals surface area contributed by atoms with E-state index in [4.69, 9.17) is 11.6 Å². The molecule has 1 aromatic carbocycles. The molecule has 1 amide bonds. The standard InChI is InChI=1S/C13H14ClN3O2/c1-2-12(17-8-9(14)7-15-17)13(19)16-10-4-3-5-11(18)6-10/h3-8,12,18H,2H2,1H3,(H,16,19). The maximum absolute atomic E-state index is 12.2. The van der Waals surface area contributed by atoms with E-state index in [2.05, 4.69) is 10.4 Å². The average Bonchev–Trinajstić information content (AvgIpc) is 2.76. The molecule has 0 saturated heterocycles. The second-order valence-corrected chi connectivity index (χ2v) is 4.54. The number of phenols is 1. The van der Waals surface area contributed by atoms with E-state index in [1.807, 2.05) is 6.92 Å². The summed E-state index contributed by atoms with van der Waals surface area (Å²) in [5, 5.41) is 16.6. The fourth-order valence-corrected chi connectivity index (χ4v) is 1.93. The highest BCUT2D eigenvalue weighted by Crippen LogP contribution is 2.19. The zero-order valence-electron chi connectivity index (χ0n) is 10.4. The number of benzene rings is 1. The van der Waals surface area contributed by atoms with Crippen LogP contribution in [0.25, 0.3) is 0 Å². The zero-order chi connectivity index (χ0) is 13.8. The van der Waals surface area contributed by atoms with Crippen molar-refractivity contribution in [1.29, 1.82) is 0 Å². The van der Waals surface area contributed by atoms with Crippen LogP contribution in [0.3, 0.4) is 0 Å². The first-order chi connectivity index (χ1) is 9.10. The molecule has 0 radical (unpaired) electrons. The summed E-state index contributed by atoms with van der Waals surface area (Å²) >= 11 is 5.80. The van der Waals surface area contributed by atoms with Gasteiger partial charge in [0, 0.05) is 18.0 Å². The average molecular weight is 280 g/mol. The van der Waals surface area contributed by atoms with Crippen LogP contribution in [0.2, 0.25) is 5.02 Å². The molecule has 100 valence electrons. The molecule has 19 heavy (non-hydrogen) atoms. The van der Waals surface area contributed by atoms with Gasteiger partial charge in [0.1, 0.15) is 11.8 Å². The molecular weight excluding hydrogens is 266 g/mol. The van der Waals surface area contributed by atoms with Gasteiger partial charge in [-0.3, -0.25) is 9.48 Å². The summed E-state index contributed by atoms with van der Waals surface area (Å²) in [6, 6.07) is 5.97. The zero-order valence-corrected chi connectivity index (χ0v) is 11.1. The van der Waals surface area contributed by atoms with Gasteiger partial charge < -0.3 is 10.4 Å². The van der Waals surface area contributed by atoms with E-state index in [1.165, 1.54) is 16.9 Å². The van der Waals surface area contributed by atoms with E-state index in [1.54, 1.807) is 24.4 Å². The van der Waals surface area contributed by atoms with Gasteiger partial charge in [-0.15, -0.1) is 0 Å². The number of anilines is 1. The highest BCUT2D eigenvalue weighted by molar-refractivity contribution is 6.30. The molecule has 1 atom stereocenters. The molecule has 1 unspecified atom stereocenters. The van der Waals surface area contributed by atoms with Crippen molar-refractivity contribution in [3.05, 3.63) is 41.7 Å². The van der Waals surface area contributed by atoms with Crippen LogP contribution >= 0.6 is 11.6 Å². The summed E-state index contributed by atoms with van der Waals surface area (Å²) < 4.78 is 1.53. The maximum Gasteiger partial charge on any atom is 0.249 e. The Hall–Kier alpha value is -2.01. The number of aromatic hydroxyl groups is 1. The van der Waals surface area contributed by atoms with Crippen LogP contribution in [0, 0.1) is 0 Å². The molecule has 6 heteroatoms. The predicted octanol–water partition coefficient (Wildman–Crippen LogP) is 2.83. The number of hydrogen-bond donors (Lipinski definition) is 2. The molecule has 2 rings (SSSR count). The van der Waals surface area contributed by atoms with Crippen molar-refractivity contribution in [3.8, 4) is 5.75 Å². The molecule has 0 aliphatic rings. The van der Waals surface area contributed by atoms with E-state index in [0.717, 1.165) is 0 Å². The van der Waals surface area contributed by atoms with Crippen molar-refractivity contribution in [1.82, 2.24) is 9.78 Å². The Morgan fingerprint density at radius 1 is 1.58 bits per heavy atom. The van der Waals surface area contributed by atoms with Gasteiger partial charge in [-0.25, -0.2) is 0 Å². The molecular formula is C13H14ClN3O2. The van der Waals surface area contributed by atoms with Crippen LogP contribution in [-0.4, -0.2) is 20.8 Å². The van der Waals surface area contributed by atoms with Gasteiger partial charge in [0.05, 0.1) is 11.2 Å². The van der Waals surface area contributed by atoms with Gasteiger partial charge in [0.25, 0.3) is 0 Å². The van der Waals surface area contributed by atoms with Crippen LogP contribution in [0.15, 0.2) is 36.7 Å². The van der Waals surface area contributed by atoms with Gasteiger partial charge in [-0.1, -0.05) is 24.6 Å². The topological polar surface area (TPSA) is 67.2 Å². The molecule has 2 aromatic rings. The van der Waals surface area contributed by atoms with Gasteiger partial charge in [-0.05, 0) is 18.6 Å². The highest BCUT2D eigenvalue weighted by atomic mass is 35.5. The van der Waals surface area contributed by atoms with Crippen molar-refractivity contribution < 1.29 is 9.90 Å². The summed E-state index contributed by atoms with van der Waals surface area (Å²) in [5.74, 6) is -0.0964. The van der Waals surface area contributed by atoms with Crippen molar-refractivity contribution >= 4 is 23.2 Å². The minimum Gasteiger partial charge on any atom is -0.508 e. The van der Waals surface area contributed by atoms with Gasteiger partial charge in [0.2, 0.25) is 5.91 Å². The lowest BCUT2D eigenvalue weighted by Gasteiger charge is -2.15. The number of carbonyl (C=O) groups excluding carboxylic acids is 1. The Bertz CT molecular complexity index is 583. The van der Waals surface area contributed by atoms with Crippen LogP contribution in [0.1, 0.15) is 19.4 Å². The first kappa shape index (κ1) is 13.4. The minimum absolute atomic E-state index is 0.105. The predicted molar refractivity (Wildman–Crippen MR) is 73.3 cm³/mol. The summed E-state index contributed by atoms with van der Waals surface area (Å²) in [5.41, 5.74) is 0.543. The first-order valence-electron chi connectivity index (χ1n) is 5.89. The SMILES string of the molecule is CCC(C(=O)Nc1cccc(O)c1)n1cc(Cl)cn1. The third kappa shape index (κ3) is 3.26. The molecule has 0 aliphatic heterocycles. The molecule has 5 nitrogen and oxygen atoms in total. The summed E-state index contributed by atoms with van der Waals surface area (Å²) in [6.45, 7) is 1.89. The Balaban J connectivity index is 2.13. The number of amides is 1. The van der Waals surface area contributed by atoms with Crippen molar-refractivity contribution in [2.45, 2.75) is 19.4 Å². The second-order valence-electron chi connectivity index (χ2n) is 4.10. The summed E-state index contributed by atoms with van der Waals surface area (Å²) in [4.78, 5) is 12.2. The van der Waals surface area contributed by atoms with E-state index in [0.29, 0.717) is 17.1 Å². The molecule has 1 heterocycles. The number of nitrogens with zero attached hydrogens (tertiary/aromatic N) is 2. The minimum atomic E-state index is -0.435. The molecule has 0 spiro atoms. The molecule has 0 fully saturated rings. The van der Waals surface area contributed by atoms with Crippen LogP contribution < -0.4 is 5.32 Å². The van der Waals surface area contributed by atoms with Gasteiger partial charge in [0.15, 0.2) is 0 Å². The number of halogens is 1. The normalized spacial score (nSPS) is 12.1. The lowest BCUT2D eigenvalue weighted by Crippen LogP contribution is -2.25. The Morgan fingerprint density at radius 2 is 2.37 bits per heavy atom. The number of rotatable bonds is 4. The van der Waals surface area contributed by atoms with E-state index < -0.39 is 6.04 Å². The van der Waals surface area contributed by atoms with Crippen molar-refractivity contribution in [2.24, 2.45) is 0 Å². The monoisotopic (exact) mass is 279 g/mol. The Labute approximate surface area is 115 Å². The number of nitrogens with one attached hydrogen (secondary N) is 1. The van der Waals surface area contributed by atoms with Crippen LogP contribution in [-0.2, 0) is 4.79 Å². The maximum atomic E-state index is 12.2. The molecule has 0 aliphatic carbocycles. The van der Waals surface area contributed by atoms with E-state index >= 15 is 0 Å². The van der Waals surface area contributed by atoms with E-state index in [-0.39, 0.29) is 11.7 Å². The quantitative estimate of drug-likeness (QED) is 0.904. The summed E-state index contributed by atoms with van der Waals surface area (Å²) in [7, 11) is 0. The Kier molecular flexibility index (Phi) is 4.06. The second kappa shape index (κ2) is 5.75. The molecule has 2 N–H and O–H groups in total. The fourth-order valence-electron chi connectivity index (χ4n) is 1.79. The number of carbonyl (C=O) groups is 1. The van der Waals surface area contributed by atoms with Gasteiger partial charge in [-0.2, -0.15) is 5.10 Å². The first-order valence-corrected chi connectivity index (χ1v) is 6.27.